The third-order valence-electron chi connectivity index (χ3n) is 4.43. The predicted molar refractivity (Wildman–Crippen MR) is 108 cm³/mol. The molecule has 6 nitrogen and oxygen atoms in total. The van der Waals surface area contributed by atoms with E-state index in [1.54, 1.807) is 12.3 Å². The molecule has 0 radical (unpaired) electrons. The fraction of sp³-hybridized carbons (Fsp3) is 0.444. The number of fused-ring (bicyclic) bond motifs is 1. The Balaban J connectivity index is 1.81. The van der Waals surface area contributed by atoms with Gasteiger partial charge >= 0.3 is 6.11 Å². The summed E-state index contributed by atoms with van der Waals surface area (Å²) in [5.41, 5.74) is 1.36. The Hall–Kier alpha value is -1.88. The molecular formula is C18H20F2N4O2S2. The maximum absolute atomic E-state index is 13.7. The van der Waals surface area contributed by atoms with Gasteiger partial charge in [-0.2, -0.15) is 8.78 Å². The fourth-order valence-electron chi connectivity index (χ4n) is 3.39. The van der Waals surface area contributed by atoms with Crippen molar-refractivity contribution >= 4 is 38.0 Å². The number of hydrogen-bond donors (Lipinski definition) is 2. The number of rotatable bonds is 5. The Kier molecular flexibility index (Phi) is 5.21. The second kappa shape index (κ2) is 7.51. The number of nitrogens with zero attached hydrogens (tertiary/aromatic N) is 3. The van der Waals surface area contributed by atoms with E-state index in [2.05, 4.69) is 29.0 Å². The molecule has 2 aromatic heterocycles. The van der Waals surface area contributed by atoms with Crippen molar-refractivity contribution in [1.29, 1.82) is 0 Å². The summed E-state index contributed by atoms with van der Waals surface area (Å²) in [6.07, 6.45) is -1.96. The van der Waals surface area contributed by atoms with Crippen LogP contribution in [-0.4, -0.2) is 53.0 Å². The van der Waals surface area contributed by atoms with Gasteiger partial charge in [0.25, 0.3) is 0 Å². The summed E-state index contributed by atoms with van der Waals surface area (Å²) in [5.74, 6) is 0.00865. The van der Waals surface area contributed by atoms with Crippen molar-refractivity contribution < 1.29 is 18.6 Å². The Morgan fingerprint density at radius 3 is 2.71 bits per heavy atom. The number of hydrogen-bond acceptors (Lipinski definition) is 8. The van der Waals surface area contributed by atoms with E-state index in [9.17, 15) is 8.78 Å². The molecule has 28 heavy (non-hydrogen) atoms. The van der Waals surface area contributed by atoms with Gasteiger partial charge < -0.3 is 20.1 Å². The molecule has 3 heterocycles. The van der Waals surface area contributed by atoms with E-state index in [-0.39, 0.29) is 5.75 Å². The summed E-state index contributed by atoms with van der Waals surface area (Å²) in [4.78, 5) is 11.3. The van der Waals surface area contributed by atoms with Crippen molar-refractivity contribution in [2.75, 3.05) is 24.6 Å². The number of thiazole rings is 2. The molecule has 1 aliphatic rings. The summed E-state index contributed by atoms with van der Waals surface area (Å²) in [7, 11) is 0. The predicted octanol–water partition coefficient (Wildman–Crippen LogP) is 3.57. The van der Waals surface area contributed by atoms with Gasteiger partial charge in [0, 0.05) is 42.3 Å². The lowest BCUT2D eigenvalue weighted by atomic mass is 10.1. The second-order valence-corrected chi connectivity index (χ2v) is 8.77. The first kappa shape index (κ1) is 19.4. The quantitative estimate of drug-likeness (QED) is 0.650. The van der Waals surface area contributed by atoms with Crippen LogP contribution in [0, 0.1) is 0 Å². The summed E-state index contributed by atoms with van der Waals surface area (Å²) in [5, 5.41) is 15.7. The molecule has 1 aromatic carbocycles. The van der Waals surface area contributed by atoms with Crippen LogP contribution in [0.5, 0.6) is 5.75 Å². The van der Waals surface area contributed by atoms with E-state index >= 15 is 0 Å². The summed E-state index contributed by atoms with van der Waals surface area (Å²) in [6.45, 7) is 4.38. The number of piperazine rings is 1. The molecule has 10 heteroatoms. The number of aliphatic hydroxyl groups excluding tert-OH is 1. The average Bonchev–Trinajstić information content (AvgIpc) is 3.31. The van der Waals surface area contributed by atoms with Crippen molar-refractivity contribution in [3.8, 4) is 16.3 Å². The standard InChI is InChI=1S/C18H20F2N4O2S2/c1-10-7-24(8-11(2)22-10)17-23-14-12(16-21-5-6-27-16)3-4-13(15(14)28-17)26-18(19,20)9-25/h3-6,10-11,22,25H,7-9H2,1-2H3/t10-,11+. The van der Waals surface area contributed by atoms with Crippen LogP contribution in [0.15, 0.2) is 23.7 Å². The first-order chi connectivity index (χ1) is 13.4. The van der Waals surface area contributed by atoms with E-state index in [1.165, 1.54) is 28.7 Å². The van der Waals surface area contributed by atoms with Crippen LogP contribution in [0.25, 0.3) is 20.8 Å². The molecule has 2 atom stereocenters. The van der Waals surface area contributed by atoms with E-state index in [1.807, 2.05) is 5.38 Å². The first-order valence-corrected chi connectivity index (χ1v) is 10.6. The molecule has 0 spiro atoms. The molecule has 0 amide bonds. The van der Waals surface area contributed by atoms with E-state index < -0.39 is 12.7 Å². The van der Waals surface area contributed by atoms with Crippen LogP contribution in [0.4, 0.5) is 13.9 Å². The van der Waals surface area contributed by atoms with Gasteiger partial charge in [-0.05, 0) is 26.0 Å². The van der Waals surface area contributed by atoms with Crippen molar-refractivity contribution in [3.63, 3.8) is 0 Å². The van der Waals surface area contributed by atoms with Gasteiger partial charge in [-0.15, -0.1) is 11.3 Å². The van der Waals surface area contributed by atoms with Gasteiger partial charge in [0.15, 0.2) is 5.13 Å². The molecule has 1 saturated heterocycles. The Morgan fingerprint density at radius 2 is 2.07 bits per heavy atom. The third-order valence-corrected chi connectivity index (χ3v) is 6.37. The lowest BCUT2D eigenvalue weighted by molar-refractivity contribution is -0.200. The van der Waals surface area contributed by atoms with Crippen LogP contribution in [0.1, 0.15) is 13.8 Å². The first-order valence-electron chi connectivity index (χ1n) is 8.88. The summed E-state index contributed by atoms with van der Waals surface area (Å²) >= 11 is 2.78. The van der Waals surface area contributed by atoms with Gasteiger partial charge in [-0.25, -0.2) is 9.97 Å². The van der Waals surface area contributed by atoms with Gasteiger partial charge in [0.2, 0.25) is 0 Å². The molecule has 0 unspecified atom stereocenters. The number of nitrogens with one attached hydrogen (secondary N) is 1. The highest BCUT2D eigenvalue weighted by atomic mass is 32.1. The maximum atomic E-state index is 13.7. The summed E-state index contributed by atoms with van der Waals surface area (Å²) in [6, 6.07) is 3.77. The molecule has 0 saturated carbocycles. The van der Waals surface area contributed by atoms with Gasteiger partial charge in [-0.1, -0.05) is 11.3 Å². The van der Waals surface area contributed by atoms with Crippen molar-refractivity contribution in [3.05, 3.63) is 23.7 Å². The molecule has 4 rings (SSSR count). The smallest absolute Gasteiger partial charge is 0.421 e. The number of halogens is 2. The number of alkyl halides is 2. The van der Waals surface area contributed by atoms with E-state index in [4.69, 9.17) is 14.8 Å². The molecule has 150 valence electrons. The largest absolute Gasteiger partial charge is 0.429 e. The Bertz CT molecular complexity index is 954. The van der Waals surface area contributed by atoms with Crippen LogP contribution < -0.4 is 15.0 Å². The number of benzene rings is 1. The van der Waals surface area contributed by atoms with Crippen LogP contribution >= 0.6 is 22.7 Å². The van der Waals surface area contributed by atoms with Crippen molar-refractivity contribution in [2.45, 2.75) is 32.0 Å². The molecule has 1 aliphatic heterocycles. The van der Waals surface area contributed by atoms with Crippen molar-refractivity contribution in [2.24, 2.45) is 0 Å². The molecule has 2 N–H and O–H groups in total. The van der Waals surface area contributed by atoms with Crippen LogP contribution in [0.2, 0.25) is 0 Å². The van der Waals surface area contributed by atoms with Crippen LogP contribution in [-0.2, 0) is 0 Å². The van der Waals surface area contributed by atoms with Gasteiger partial charge in [0.1, 0.15) is 17.4 Å². The minimum atomic E-state index is -3.65. The zero-order chi connectivity index (χ0) is 19.9. The zero-order valence-electron chi connectivity index (χ0n) is 15.4. The SMILES string of the molecule is C[C@@H]1CN(c2nc3c(-c4nccs4)ccc(OC(F)(F)CO)c3s2)C[C@H](C)N1. The normalized spacial score (nSPS) is 20.7. The highest BCUT2D eigenvalue weighted by Gasteiger charge is 2.32. The molecule has 1 fully saturated rings. The topological polar surface area (TPSA) is 70.5 Å². The lowest BCUT2D eigenvalue weighted by Gasteiger charge is -2.35. The van der Waals surface area contributed by atoms with Crippen molar-refractivity contribution in [1.82, 2.24) is 15.3 Å². The Labute approximate surface area is 168 Å². The Morgan fingerprint density at radius 1 is 1.32 bits per heavy atom. The lowest BCUT2D eigenvalue weighted by Crippen LogP contribution is -2.54. The minimum Gasteiger partial charge on any atom is -0.429 e. The molecule has 0 bridgehead atoms. The molecular weight excluding hydrogens is 406 g/mol. The number of ether oxygens (including phenoxy) is 1. The van der Waals surface area contributed by atoms with E-state index in [0.717, 1.165) is 28.8 Å². The number of aliphatic hydroxyl groups is 1. The molecule has 3 aromatic rings. The monoisotopic (exact) mass is 426 g/mol. The number of anilines is 1. The fourth-order valence-corrected chi connectivity index (χ4v) is 5.12. The highest BCUT2D eigenvalue weighted by molar-refractivity contribution is 7.22. The second-order valence-electron chi connectivity index (χ2n) is 6.89. The molecule has 0 aliphatic carbocycles. The zero-order valence-corrected chi connectivity index (χ0v) is 17.0. The van der Waals surface area contributed by atoms with Crippen LogP contribution in [0.3, 0.4) is 0 Å². The highest BCUT2D eigenvalue weighted by Crippen LogP contribution is 2.42. The number of aromatic nitrogens is 2. The van der Waals surface area contributed by atoms with E-state index in [0.29, 0.717) is 22.3 Å². The van der Waals surface area contributed by atoms with Gasteiger partial charge in [0.05, 0.1) is 10.2 Å². The average molecular weight is 427 g/mol. The third kappa shape index (κ3) is 3.82. The minimum absolute atomic E-state index is 0.00865. The van der Waals surface area contributed by atoms with Gasteiger partial charge in [-0.3, -0.25) is 0 Å². The maximum Gasteiger partial charge on any atom is 0.421 e. The summed E-state index contributed by atoms with van der Waals surface area (Å²) < 4.78 is 32.7.